The maximum absolute atomic E-state index is 13.9. The quantitative estimate of drug-likeness (QED) is 0.801. The van der Waals surface area contributed by atoms with Crippen molar-refractivity contribution in [2.24, 2.45) is 0 Å². The van der Waals surface area contributed by atoms with Gasteiger partial charge in [0.15, 0.2) is 5.16 Å². The Bertz CT molecular complexity index is 508. The number of nitrogens with one attached hydrogen (secondary N) is 2. The van der Waals surface area contributed by atoms with Crippen LogP contribution >= 0.6 is 11.8 Å². The minimum Gasteiger partial charge on any atom is -0.313 e. The van der Waals surface area contributed by atoms with E-state index in [0.29, 0.717) is 17.3 Å². The standard InChI is InChI=1S/C12H14F2N4S/c1-2-3-15-6-8-4-9(13)11(10(14)5-8)19-12-16-7-17-18-12/h4-5,7,15H,2-3,6H2,1H3,(H,16,17,18). The van der Waals surface area contributed by atoms with Crippen LogP contribution in [-0.4, -0.2) is 21.7 Å². The molecular weight excluding hydrogens is 270 g/mol. The number of hydrogen-bond donors (Lipinski definition) is 2. The van der Waals surface area contributed by atoms with E-state index in [-0.39, 0.29) is 4.90 Å². The molecular formula is C12H14F2N4S. The SMILES string of the molecule is CCCNCc1cc(F)c(Sc2ncn[nH]2)c(F)c1. The lowest BCUT2D eigenvalue weighted by atomic mass is 10.2. The zero-order chi connectivity index (χ0) is 13.7. The topological polar surface area (TPSA) is 53.6 Å². The van der Waals surface area contributed by atoms with Crippen LogP contribution in [0.3, 0.4) is 0 Å². The van der Waals surface area contributed by atoms with Crippen molar-refractivity contribution in [3.05, 3.63) is 35.7 Å². The van der Waals surface area contributed by atoms with Gasteiger partial charge < -0.3 is 5.32 Å². The van der Waals surface area contributed by atoms with E-state index in [1.807, 2.05) is 6.92 Å². The Hall–Kier alpha value is -1.47. The fourth-order valence-corrected chi connectivity index (χ4v) is 2.27. The second-order valence-electron chi connectivity index (χ2n) is 3.96. The largest absolute Gasteiger partial charge is 0.313 e. The second-order valence-corrected chi connectivity index (χ2v) is 4.96. The first kappa shape index (κ1) is 14.0. The molecule has 1 aromatic heterocycles. The van der Waals surface area contributed by atoms with E-state index in [4.69, 9.17) is 0 Å². The van der Waals surface area contributed by atoms with E-state index in [1.54, 1.807) is 0 Å². The third kappa shape index (κ3) is 3.74. The summed E-state index contributed by atoms with van der Waals surface area (Å²) in [6.45, 7) is 3.30. The van der Waals surface area contributed by atoms with E-state index >= 15 is 0 Å². The van der Waals surface area contributed by atoms with Crippen LogP contribution in [0.4, 0.5) is 8.78 Å². The van der Waals surface area contributed by atoms with Crippen LogP contribution in [0, 0.1) is 11.6 Å². The van der Waals surface area contributed by atoms with Crippen LogP contribution < -0.4 is 5.32 Å². The van der Waals surface area contributed by atoms with Crippen LogP contribution in [0.25, 0.3) is 0 Å². The highest BCUT2D eigenvalue weighted by Crippen LogP contribution is 2.30. The lowest BCUT2D eigenvalue weighted by molar-refractivity contribution is 0.534. The van der Waals surface area contributed by atoms with Gasteiger partial charge in [-0.05, 0) is 42.4 Å². The zero-order valence-electron chi connectivity index (χ0n) is 10.4. The number of rotatable bonds is 6. The van der Waals surface area contributed by atoms with Gasteiger partial charge in [-0.1, -0.05) is 6.92 Å². The van der Waals surface area contributed by atoms with Crippen molar-refractivity contribution in [3.8, 4) is 0 Å². The van der Waals surface area contributed by atoms with Gasteiger partial charge in [0.2, 0.25) is 0 Å². The minimum absolute atomic E-state index is 0.0732. The fraction of sp³-hybridized carbons (Fsp3) is 0.333. The molecule has 2 N–H and O–H groups in total. The molecule has 0 aliphatic rings. The van der Waals surface area contributed by atoms with Gasteiger partial charge in [-0.2, -0.15) is 5.10 Å². The first-order valence-corrected chi connectivity index (χ1v) is 6.74. The van der Waals surface area contributed by atoms with E-state index in [0.717, 1.165) is 24.7 Å². The molecule has 0 unspecified atom stereocenters. The third-order valence-corrected chi connectivity index (χ3v) is 3.39. The molecule has 19 heavy (non-hydrogen) atoms. The van der Waals surface area contributed by atoms with Gasteiger partial charge in [0.25, 0.3) is 0 Å². The summed E-state index contributed by atoms with van der Waals surface area (Å²) in [4.78, 5) is 3.75. The monoisotopic (exact) mass is 284 g/mol. The van der Waals surface area contributed by atoms with Gasteiger partial charge in [0.1, 0.15) is 18.0 Å². The highest BCUT2D eigenvalue weighted by atomic mass is 32.2. The Morgan fingerprint density at radius 2 is 2.05 bits per heavy atom. The predicted molar refractivity (Wildman–Crippen MR) is 68.9 cm³/mol. The second kappa shape index (κ2) is 6.63. The number of aromatic amines is 1. The molecule has 1 aromatic carbocycles. The molecule has 102 valence electrons. The first-order chi connectivity index (χ1) is 9.20. The number of aromatic nitrogens is 3. The lowest BCUT2D eigenvalue weighted by Crippen LogP contribution is -2.14. The van der Waals surface area contributed by atoms with Gasteiger partial charge in [-0.15, -0.1) is 0 Å². The molecule has 0 spiro atoms. The van der Waals surface area contributed by atoms with Crippen molar-refractivity contribution >= 4 is 11.8 Å². The molecule has 0 bridgehead atoms. The van der Waals surface area contributed by atoms with Gasteiger partial charge in [0.05, 0.1) is 4.90 Å². The summed E-state index contributed by atoms with van der Waals surface area (Å²) in [5.74, 6) is -1.18. The summed E-state index contributed by atoms with van der Waals surface area (Å²) < 4.78 is 27.7. The summed E-state index contributed by atoms with van der Waals surface area (Å²) in [7, 11) is 0. The molecule has 4 nitrogen and oxygen atoms in total. The van der Waals surface area contributed by atoms with Gasteiger partial charge in [-0.25, -0.2) is 13.8 Å². The zero-order valence-corrected chi connectivity index (χ0v) is 11.2. The minimum atomic E-state index is -0.588. The highest BCUT2D eigenvalue weighted by Gasteiger charge is 2.14. The van der Waals surface area contributed by atoms with Gasteiger partial charge in [-0.3, -0.25) is 5.10 Å². The molecule has 7 heteroatoms. The Morgan fingerprint density at radius 1 is 1.32 bits per heavy atom. The molecule has 2 rings (SSSR count). The first-order valence-electron chi connectivity index (χ1n) is 5.92. The summed E-state index contributed by atoms with van der Waals surface area (Å²) in [5, 5.41) is 9.64. The van der Waals surface area contributed by atoms with Crippen molar-refractivity contribution in [1.82, 2.24) is 20.5 Å². The predicted octanol–water partition coefficient (Wildman–Crippen LogP) is 2.73. The van der Waals surface area contributed by atoms with Crippen molar-refractivity contribution in [2.75, 3.05) is 6.54 Å². The Morgan fingerprint density at radius 3 is 2.63 bits per heavy atom. The van der Waals surface area contributed by atoms with Gasteiger partial charge >= 0.3 is 0 Å². The fourth-order valence-electron chi connectivity index (χ4n) is 1.56. The number of benzene rings is 1. The van der Waals surface area contributed by atoms with E-state index in [1.165, 1.54) is 18.5 Å². The maximum atomic E-state index is 13.9. The lowest BCUT2D eigenvalue weighted by Gasteiger charge is -2.07. The third-order valence-electron chi connectivity index (χ3n) is 2.41. The normalized spacial score (nSPS) is 10.9. The van der Waals surface area contributed by atoms with Crippen LogP contribution in [0.1, 0.15) is 18.9 Å². The van der Waals surface area contributed by atoms with Crippen LogP contribution in [0.2, 0.25) is 0 Å². The van der Waals surface area contributed by atoms with E-state index in [9.17, 15) is 8.78 Å². The van der Waals surface area contributed by atoms with Crippen LogP contribution in [-0.2, 0) is 6.54 Å². The Balaban J connectivity index is 2.12. The van der Waals surface area contributed by atoms with Crippen molar-refractivity contribution in [3.63, 3.8) is 0 Å². The molecule has 0 aliphatic heterocycles. The summed E-state index contributed by atoms with van der Waals surface area (Å²) in [5.41, 5.74) is 0.588. The molecule has 0 fully saturated rings. The molecule has 0 atom stereocenters. The number of H-pyrrole nitrogens is 1. The van der Waals surface area contributed by atoms with Crippen LogP contribution in [0.15, 0.2) is 28.5 Å². The number of hydrogen-bond acceptors (Lipinski definition) is 4. The number of halogens is 2. The molecule has 1 heterocycles. The Labute approximate surface area is 114 Å². The summed E-state index contributed by atoms with van der Waals surface area (Å²) >= 11 is 0.885. The number of nitrogens with zero attached hydrogens (tertiary/aromatic N) is 2. The molecule has 0 saturated heterocycles. The van der Waals surface area contributed by atoms with E-state index in [2.05, 4.69) is 20.5 Å². The average molecular weight is 284 g/mol. The highest BCUT2D eigenvalue weighted by molar-refractivity contribution is 7.99. The summed E-state index contributed by atoms with van der Waals surface area (Å²) in [6, 6.07) is 2.68. The van der Waals surface area contributed by atoms with Crippen LogP contribution in [0.5, 0.6) is 0 Å². The molecule has 0 saturated carbocycles. The Kier molecular flexibility index (Phi) is 4.86. The molecule has 0 radical (unpaired) electrons. The van der Waals surface area contributed by atoms with Crippen molar-refractivity contribution in [1.29, 1.82) is 0 Å². The maximum Gasteiger partial charge on any atom is 0.188 e. The average Bonchev–Trinajstić information content (AvgIpc) is 2.87. The van der Waals surface area contributed by atoms with Crippen molar-refractivity contribution in [2.45, 2.75) is 29.9 Å². The molecule has 0 aliphatic carbocycles. The molecule has 0 amide bonds. The summed E-state index contributed by atoms with van der Waals surface area (Å²) in [6.07, 6.45) is 2.27. The van der Waals surface area contributed by atoms with E-state index < -0.39 is 11.6 Å². The van der Waals surface area contributed by atoms with Gasteiger partial charge in [0, 0.05) is 6.54 Å². The smallest absolute Gasteiger partial charge is 0.188 e. The molecule has 2 aromatic rings. The van der Waals surface area contributed by atoms with Crippen molar-refractivity contribution < 1.29 is 8.78 Å².